The Balaban J connectivity index is 0.674. The van der Waals surface area contributed by atoms with Crippen molar-refractivity contribution in [3.63, 3.8) is 0 Å². The van der Waals surface area contributed by atoms with Crippen molar-refractivity contribution in [2.45, 2.75) is 123 Å². The first-order valence-corrected chi connectivity index (χ1v) is 29.4. The molecule has 18 heteroatoms. The summed E-state index contributed by atoms with van der Waals surface area (Å²) in [4.78, 5) is 68.1. The van der Waals surface area contributed by atoms with Gasteiger partial charge in [-0.3, -0.25) is 24.2 Å². The molecule has 4 fully saturated rings. The average Bonchev–Trinajstić information content (AvgIpc) is 4.10. The number of ether oxygens (including phenoxy) is 1. The van der Waals surface area contributed by atoms with Crippen LogP contribution < -0.4 is 20.3 Å². The number of nitrogens with one attached hydrogen (secondary N) is 2. The van der Waals surface area contributed by atoms with Gasteiger partial charge in [0, 0.05) is 68.4 Å². The summed E-state index contributed by atoms with van der Waals surface area (Å²) in [5.41, 5.74) is 7.25. The number of likely N-dealkylation sites (tertiary alicyclic amines) is 3. The number of amides is 3. The number of β-amino-alcohol motifs (C(OH)–C–C–N with tert-alkyl or cyclic N) is 1. The minimum absolute atomic E-state index is 0.0300. The summed E-state index contributed by atoms with van der Waals surface area (Å²) in [6.45, 7) is 23.1. The topological polar surface area (TPSA) is 183 Å². The van der Waals surface area contributed by atoms with Gasteiger partial charge in [-0.1, -0.05) is 82.6 Å². The van der Waals surface area contributed by atoms with E-state index in [4.69, 9.17) is 21.3 Å². The number of anilines is 1. The number of nitrogens with zero attached hydrogens (tertiary/aromatic N) is 9. The van der Waals surface area contributed by atoms with Gasteiger partial charge >= 0.3 is 0 Å². The maximum Gasteiger partial charge on any atom is 0.246 e. The number of benzene rings is 3. The Labute approximate surface area is 475 Å². The second kappa shape index (κ2) is 25.2. The smallest absolute Gasteiger partial charge is 0.246 e. The van der Waals surface area contributed by atoms with Crippen LogP contribution in [0.1, 0.15) is 113 Å². The van der Waals surface area contributed by atoms with Crippen LogP contribution in [0.4, 0.5) is 5.95 Å². The summed E-state index contributed by atoms with van der Waals surface area (Å²) in [7, 11) is 0. The van der Waals surface area contributed by atoms with Crippen LogP contribution in [-0.4, -0.2) is 154 Å². The highest BCUT2D eigenvalue weighted by molar-refractivity contribution is 7.13. The van der Waals surface area contributed by atoms with E-state index in [0.717, 1.165) is 135 Å². The van der Waals surface area contributed by atoms with E-state index in [2.05, 4.69) is 72.3 Å². The third-order valence-electron chi connectivity index (χ3n) is 16.7. The summed E-state index contributed by atoms with van der Waals surface area (Å²) in [5.74, 6) is 1.17. The molecule has 0 spiro atoms. The van der Waals surface area contributed by atoms with Crippen LogP contribution in [0.5, 0.6) is 5.75 Å². The molecule has 5 aromatic rings. The summed E-state index contributed by atoms with van der Waals surface area (Å²) in [5, 5.41) is 26.9. The highest BCUT2D eigenvalue weighted by Gasteiger charge is 2.45. The minimum Gasteiger partial charge on any atom is -0.487 e. The quantitative estimate of drug-likeness (QED) is 0.0815. The molecule has 16 nitrogen and oxygen atoms in total. The Morgan fingerprint density at radius 1 is 0.861 bits per heavy atom. The largest absolute Gasteiger partial charge is 0.487 e. The standard InChI is InChI=1S/C61H78ClN11O5S/c1-40(44-8-10-45(11-9-44)55-41(2)65-39-79-55)66-57(76)53-33-51(74)36-73(53)58(77)56(60(3,4)5)68-54(75)37-70-22-17-42(18-23-70)35-69-24-19-50(20-25-69)71-26-28-72(29-27-71)59-64-21-16-49(67-59)38-78-52-14-12-46(13-15-52)61(6,7)47-30-43(34-63)31-48(62)32-47/h8-16,21,30-32,39-40,42,50-51,53,56,74H,17-20,22-29,33,35-38H2,1-7H3,(H,66,76)(H,68,75)/t40-,51+,53-,56+/m0/s1. The Kier molecular flexibility index (Phi) is 18.4. The van der Waals surface area contributed by atoms with E-state index < -0.39 is 23.6 Å². The predicted molar refractivity (Wildman–Crippen MR) is 310 cm³/mol. The van der Waals surface area contributed by atoms with E-state index in [0.29, 0.717) is 29.2 Å². The van der Waals surface area contributed by atoms with Crippen molar-refractivity contribution in [1.82, 2.24) is 45.2 Å². The zero-order chi connectivity index (χ0) is 56.0. The molecule has 6 heterocycles. The molecule has 0 saturated carbocycles. The first-order valence-electron chi connectivity index (χ1n) is 28.1. The zero-order valence-corrected chi connectivity index (χ0v) is 48.5. The number of rotatable bonds is 17. The Morgan fingerprint density at radius 3 is 2.22 bits per heavy atom. The van der Waals surface area contributed by atoms with Gasteiger partial charge in [0.05, 0.1) is 52.1 Å². The van der Waals surface area contributed by atoms with Gasteiger partial charge in [0.1, 0.15) is 24.4 Å². The van der Waals surface area contributed by atoms with Gasteiger partial charge in [0.25, 0.3) is 0 Å². The molecular formula is C61H78ClN11O5S. The first-order chi connectivity index (χ1) is 37.8. The SMILES string of the molecule is Cc1ncsc1-c1ccc([C@H](C)NC(=O)[C@@H]2C[C@@H](O)CN2C(=O)[C@@H](NC(=O)CN2CCC(CN3CCC(N4CCN(c5nccc(COc6ccc(C(C)(C)c7cc(Cl)cc(C#N)c7)cc6)n5)CC4)CC3)CC2)C(C)(C)C)cc1. The molecule has 4 aliphatic heterocycles. The lowest BCUT2D eigenvalue weighted by Gasteiger charge is -2.43. The van der Waals surface area contributed by atoms with Crippen molar-refractivity contribution in [1.29, 1.82) is 5.26 Å². The molecule has 2 aromatic heterocycles. The Morgan fingerprint density at radius 2 is 1.56 bits per heavy atom. The van der Waals surface area contributed by atoms with Gasteiger partial charge in [-0.15, -0.1) is 11.3 Å². The van der Waals surface area contributed by atoms with E-state index in [1.165, 1.54) is 4.90 Å². The second-order valence-electron chi connectivity index (χ2n) is 23.8. The number of hydrogen-bond acceptors (Lipinski definition) is 14. The van der Waals surface area contributed by atoms with Crippen LogP contribution in [-0.2, 0) is 26.4 Å². The summed E-state index contributed by atoms with van der Waals surface area (Å²) in [6, 6.07) is 24.2. The van der Waals surface area contributed by atoms with Crippen LogP contribution in [0.2, 0.25) is 5.02 Å². The lowest BCUT2D eigenvalue weighted by Crippen LogP contribution is -2.59. The highest BCUT2D eigenvalue weighted by atomic mass is 35.5. The van der Waals surface area contributed by atoms with Crippen molar-refractivity contribution in [3.8, 4) is 22.3 Å². The second-order valence-corrected chi connectivity index (χ2v) is 25.1. The molecule has 420 valence electrons. The van der Waals surface area contributed by atoms with Crippen molar-refractivity contribution in [2.75, 3.05) is 76.9 Å². The fourth-order valence-electron chi connectivity index (χ4n) is 11.8. The van der Waals surface area contributed by atoms with E-state index in [-0.39, 0.29) is 48.7 Å². The van der Waals surface area contributed by atoms with Crippen molar-refractivity contribution in [2.24, 2.45) is 11.3 Å². The van der Waals surface area contributed by atoms with Crippen LogP contribution in [0, 0.1) is 29.6 Å². The molecule has 3 amide bonds. The molecule has 4 saturated heterocycles. The van der Waals surface area contributed by atoms with E-state index in [1.807, 2.05) is 101 Å². The molecular weight excluding hydrogens is 1030 g/mol. The summed E-state index contributed by atoms with van der Waals surface area (Å²) < 4.78 is 6.18. The van der Waals surface area contributed by atoms with Gasteiger partial charge in [-0.05, 0) is 136 Å². The van der Waals surface area contributed by atoms with Crippen LogP contribution in [0.15, 0.2) is 84.5 Å². The van der Waals surface area contributed by atoms with E-state index in [1.54, 1.807) is 17.4 Å². The number of aryl methyl sites for hydroxylation is 1. The summed E-state index contributed by atoms with van der Waals surface area (Å²) >= 11 is 7.92. The third-order valence-corrected chi connectivity index (χ3v) is 17.9. The third kappa shape index (κ3) is 14.3. The molecule has 4 aliphatic rings. The molecule has 79 heavy (non-hydrogen) atoms. The molecule has 0 unspecified atom stereocenters. The van der Waals surface area contributed by atoms with Crippen LogP contribution in [0.25, 0.3) is 10.4 Å². The van der Waals surface area contributed by atoms with Gasteiger partial charge < -0.3 is 35.2 Å². The zero-order valence-electron chi connectivity index (χ0n) is 47.0. The number of piperazine rings is 1. The predicted octanol–water partition coefficient (Wildman–Crippen LogP) is 8.01. The maximum absolute atomic E-state index is 14.3. The minimum atomic E-state index is -0.872. The number of thiazole rings is 1. The number of aliphatic hydroxyl groups is 1. The number of aromatic nitrogens is 3. The number of halogens is 1. The number of nitriles is 1. The van der Waals surface area contributed by atoms with E-state index in [9.17, 15) is 24.8 Å². The van der Waals surface area contributed by atoms with Crippen molar-refractivity contribution in [3.05, 3.63) is 123 Å². The molecule has 0 radical (unpaired) electrons. The molecule has 0 bridgehead atoms. The fourth-order valence-corrected chi connectivity index (χ4v) is 12.8. The highest BCUT2D eigenvalue weighted by Crippen LogP contribution is 2.35. The van der Waals surface area contributed by atoms with Gasteiger partial charge in [0.2, 0.25) is 23.7 Å². The first kappa shape index (κ1) is 57.7. The number of hydrogen-bond donors (Lipinski definition) is 3. The van der Waals surface area contributed by atoms with E-state index >= 15 is 0 Å². The Bertz CT molecular complexity index is 2940. The number of carbonyl (C=O) groups is 3. The number of carbonyl (C=O) groups excluding carboxylic acids is 3. The maximum atomic E-state index is 14.3. The summed E-state index contributed by atoms with van der Waals surface area (Å²) in [6.07, 6.45) is 5.46. The van der Waals surface area contributed by atoms with Crippen molar-refractivity contribution >= 4 is 46.6 Å². The lowest BCUT2D eigenvalue weighted by atomic mass is 9.78. The molecule has 0 aliphatic carbocycles. The van der Waals surface area contributed by atoms with Crippen LogP contribution in [0.3, 0.4) is 0 Å². The number of aliphatic hydroxyl groups excluding tert-OH is 1. The van der Waals surface area contributed by atoms with Gasteiger partial charge in [-0.2, -0.15) is 5.26 Å². The Hall–Kier alpha value is -6.00. The average molecular weight is 1110 g/mol. The fraction of sp³-hybridized carbons (Fsp3) is 0.525. The normalized spacial score (nSPS) is 20.2. The van der Waals surface area contributed by atoms with Gasteiger partial charge in [0.15, 0.2) is 0 Å². The monoisotopic (exact) mass is 1110 g/mol. The molecule has 9 rings (SSSR count). The molecule has 3 N–H and O–H groups in total. The molecule has 4 atom stereocenters. The number of piperidine rings is 2. The van der Waals surface area contributed by atoms with Crippen molar-refractivity contribution < 1.29 is 24.2 Å². The molecule has 3 aromatic carbocycles. The van der Waals surface area contributed by atoms with Gasteiger partial charge in [-0.25, -0.2) is 15.0 Å². The van der Waals surface area contributed by atoms with Crippen LogP contribution >= 0.6 is 22.9 Å². The lowest BCUT2D eigenvalue weighted by molar-refractivity contribution is -0.144.